The van der Waals surface area contributed by atoms with Crippen molar-refractivity contribution in [3.8, 4) is 0 Å². The van der Waals surface area contributed by atoms with Crippen molar-refractivity contribution in [3.63, 3.8) is 0 Å². The van der Waals surface area contributed by atoms with Crippen LogP contribution < -0.4 is 4.90 Å². The molecule has 0 N–H and O–H groups in total. The summed E-state index contributed by atoms with van der Waals surface area (Å²) < 4.78 is 38.1. The first-order valence-electron chi connectivity index (χ1n) is 8.09. The molecule has 1 saturated heterocycles. The van der Waals surface area contributed by atoms with Gasteiger partial charge in [0.1, 0.15) is 5.82 Å². The highest BCUT2D eigenvalue weighted by atomic mass is 35.5. The Morgan fingerprint density at radius 3 is 2.42 bits per heavy atom. The van der Waals surface area contributed by atoms with Gasteiger partial charge in [-0.25, -0.2) is 4.98 Å². The Morgan fingerprint density at radius 2 is 1.85 bits per heavy atom. The minimum absolute atomic E-state index is 0.0433. The number of benzene rings is 1. The molecule has 4 nitrogen and oxygen atoms in total. The molecular weight excluding hydrogens is 367 g/mol. The van der Waals surface area contributed by atoms with E-state index in [1.54, 1.807) is 15.9 Å². The van der Waals surface area contributed by atoms with Crippen LogP contribution in [0, 0.1) is 6.92 Å². The predicted molar refractivity (Wildman–Crippen MR) is 93.5 cm³/mol. The molecule has 1 aromatic carbocycles. The van der Waals surface area contributed by atoms with Gasteiger partial charge in [0, 0.05) is 37.9 Å². The Balaban J connectivity index is 1.68. The standard InChI is InChI=1S/C18H17ClF3N3O/c1-12-3-2-4-13(9-12)17(26)25-7-5-24(6-8-25)16-15(19)10-14(11-23-16)18(20,21)22/h2-4,9-11H,5-8H2,1H3. The van der Waals surface area contributed by atoms with Crippen molar-refractivity contribution in [3.05, 3.63) is 58.2 Å². The van der Waals surface area contributed by atoms with Crippen LogP contribution in [0.2, 0.25) is 5.02 Å². The summed E-state index contributed by atoms with van der Waals surface area (Å²) in [4.78, 5) is 20.0. The third-order valence-corrected chi connectivity index (χ3v) is 4.56. The monoisotopic (exact) mass is 383 g/mol. The van der Waals surface area contributed by atoms with E-state index in [0.717, 1.165) is 17.8 Å². The molecule has 0 bridgehead atoms. The predicted octanol–water partition coefficient (Wildman–Crippen LogP) is 4.02. The van der Waals surface area contributed by atoms with Crippen LogP contribution in [0.15, 0.2) is 36.5 Å². The maximum atomic E-state index is 12.7. The first-order valence-corrected chi connectivity index (χ1v) is 8.47. The fourth-order valence-corrected chi connectivity index (χ4v) is 3.19. The zero-order valence-corrected chi connectivity index (χ0v) is 14.8. The van der Waals surface area contributed by atoms with E-state index >= 15 is 0 Å². The average molecular weight is 384 g/mol. The van der Waals surface area contributed by atoms with Crippen molar-refractivity contribution < 1.29 is 18.0 Å². The summed E-state index contributed by atoms with van der Waals surface area (Å²) in [6.45, 7) is 3.73. The smallest absolute Gasteiger partial charge is 0.352 e. The van der Waals surface area contributed by atoms with Crippen molar-refractivity contribution in [1.82, 2.24) is 9.88 Å². The van der Waals surface area contributed by atoms with Gasteiger partial charge in [-0.1, -0.05) is 29.3 Å². The molecule has 138 valence electrons. The topological polar surface area (TPSA) is 36.4 Å². The Hall–Kier alpha value is -2.28. The minimum Gasteiger partial charge on any atom is -0.352 e. The van der Waals surface area contributed by atoms with Crippen LogP contribution >= 0.6 is 11.6 Å². The SMILES string of the molecule is Cc1cccc(C(=O)N2CCN(c3ncc(C(F)(F)F)cc3Cl)CC2)c1. The number of aryl methyl sites for hydroxylation is 1. The Bertz CT molecular complexity index is 818. The number of anilines is 1. The number of carbonyl (C=O) groups excluding carboxylic acids is 1. The molecule has 8 heteroatoms. The van der Waals surface area contributed by atoms with Crippen LogP contribution in [0.1, 0.15) is 21.5 Å². The van der Waals surface area contributed by atoms with Crippen LogP contribution in [-0.4, -0.2) is 42.0 Å². The van der Waals surface area contributed by atoms with Gasteiger partial charge < -0.3 is 9.80 Å². The molecule has 26 heavy (non-hydrogen) atoms. The molecule has 0 aliphatic carbocycles. The molecule has 0 spiro atoms. The molecule has 0 radical (unpaired) electrons. The molecule has 1 fully saturated rings. The zero-order valence-electron chi connectivity index (χ0n) is 14.1. The van der Waals surface area contributed by atoms with Crippen LogP contribution in [0.3, 0.4) is 0 Å². The highest BCUT2D eigenvalue weighted by Gasteiger charge is 2.32. The van der Waals surface area contributed by atoms with Crippen molar-refractivity contribution in [2.24, 2.45) is 0 Å². The Kier molecular flexibility index (Phi) is 5.09. The highest BCUT2D eigenvalue weighted by molar-refractivity contribution is 6.33. The quantitative estimate of drug-likeness (QED) is 0.785. The average Bonchev–Trinajstić information content (AvgIpc) is 2.60. The summed E-state index contributed by atoms with van der Waals surface area (Å²) in [5.74, 6) is 0.252. The zero-order chi connectivity index (χ0) is 18.9. The van der Waals surface area contributed by atoms with Gasteiger partial charge in [0.05, 0.1) is 10.6 Å². The summed E-state index contributed by atoms with van der Waals surface area (Å²) >= 11 is 6.00. The number of halogens is 4. The number of piperazine rings is 1. The summed E-state index contributed by atoms with van der Waals surface area (Å²) in [5.41, 5.74) is 0.763. The number of amides is 1. The van der Waals surface area contributed by atoms with E-state index in [1.807, 2.05) is 25.1 Å². The lowest BCUT2D eigenvalue weighted by Gasteiger charge is -2.36. The van der Waals surface area contributed by atoms with Gasteiger partial charge in [-0.2, -0.15) is 13.2 Å². The number of alkyl halides is 3. The van der Waals surface area contributed by atoms with E-state index in [1.165, 1.54) is 0 Å². The third-order valence-electron chi connectivity index (χ3n) is 4.28. The molecule has 0 saturated carbocycles. The molecule has 2 aromatic rings. The first-order chi connectivity index (χ1) is 12.3. The largest absolute Gasteiger partial charge is 0.417 e. The maximum Gasteiger partial charge on any atom is 0.417 e. The van der Waals surface area contributed by atoms with Crippen LogP contribution in [0.25, 0.3) is 0 Å². The summed E-state index contributed by atoms with van der Waals surface area (Å²) in [5, 5.41) is -0.0433. The van der Waals surface area contributed by atoms with Gasteiger partial charge in [-0.3, -0.25) is 4.79 Å². The van der Waals surface area contributed by atoms with Crippen molar-refractivity contribution in [2.45, 2.75) is 13.1 Å². The van der Waals surface area contributed by atoms with Crippen LogP contribution in [0.5, 0.6) is 0 Å². The van der Waals surface area contributed by atoms with Gasteiger partial charge in [-0.05, 0) is 25.1 Å². The van der Waals surface area contributed by atoms with Gasteiger partial charge >= 0.3 is 6.18 Å². The second-order valence-corrected chi connectivity index (χ2v) is 6.58. The van der Waals surface area contributed by atoms with E-state index in [2.05, 4.69) is 4.98 Å². The lowest BCUT2D eigenvalue weighted by atomic mass is 10.1. The molecule has 1 aromatic heterocycles. The molecule has 1 aliphatic rings. The van der Waals surface area contributed by atoms with Gasteiger partial charge in [0.15, 0.2) is 0 Å². The molecule has 1 aliphatic heterocycles. The number of hydrogen-bond acceptors (Lipinski definition) is 3. The Labute approximate surface area is 154 Å². The minimum atomic E-state index is -4.48. The van der Waals surface area contributed by atoms with Crippen LogP contribution in [0.4, 0.5) is 19.0 Å². The fraction of sp³-hybridized carbons (Fsp3) is 0.333. The van der Waals surface area contributed by atoms with E-state index in [4.69, 9.17) is 11.6 Å². The first kappa shape index (κ1) is 18.5. The lowest BCUT2D eigenvalue weighted by molar-refractivity contribution is -0.137. The number of nitrogens with zero attached hydrogens (tertiary/aromatic N) is 3. The molecular formula is C18H17ClF3N3O. The lowest BCUT2D eigenvalue weighted by Crippen LogP contribution is -2.49. The van der Waals surface area contributed by atoms with Gasteiger partial charge in [-0.15, -0.1) is 0 Å². The summed E-state index contributed by atoms with van der Waals surface area (Å²) in [7, 11) is 0. The van der Waals surface area contributed by atoms with Gasteiger partial charge in [0.2, 0.25) is 0 Å². The molecule has 0 unspecified atom stereocenters. The van der Waals surface area contributed by atoms with Crippen molar-refractivity contribution in [1.29, 1.82) is 0 Å². The molecule has 2 heterocycles. The second-order valence-electron chi connectivity index (χ2n) is 6.18. The summed E-state index contributed by atoms with van der Waals surface area (Å²) in [6, 6.07) is 8.25. The van der Waals surface area contributed by atoms with E-state index in [0.29, 0.717) is 37.6 Å². The number of rotatable bonds is 2. The van der Waals surface area contributed by atoms with Crippen molar-refractivity contribution in [2.75, 3.05) is 31.1 Å². The van der Waals surface area contributed by atoms with Gasteiger partial charge in [0.25, 0.3) is 5.91 Å². The number of carbonyl (C=O) groups is 1. The van der Waals surface area contributed by atoms with Crippen molar-refractivity contribution >= 4 is 23.3 Å². The molecule has 0 atom stereocenters. The molecule has 3 rings (SSSR count). The maximum absolute atomic E-state index is 12.7. The number of aromatic nitrogens is 1. The number of hydrogen-bond donors (Lipinski definition) is 0. The van der Waals surface area contributed by atoms with E-state index in [9.17, 15) is 18.0 Å². The van der Waals surface area contributed by atoms with E-state index in [-0.39, 0.29) is 10.9 Å². The second kappa shape index (κ2) is 7.15. The number of pyridine rings is 1. The third kappa shape index (κ3) is 3.93. The summed E-state index contributed by atoms with van der Waals surface area (Å²) in [6.07, 6.45) is -3.69. The Morgan fingerprint density at radius 1 is 1.15 bits per heavy atom. The molecule has 1 amide bonds. The normalized spacial score (nSPS) is 15.3. The fourth-order valence-electron chi connectivity index (χ4n) is 2.90. The van der Waals surface area contributed by atoms with E-state index < -0.39 is 11.7 Å². The van der Waals surface area contributed by atoms with Crippen LogP contribution in [-0.2, 0) is 6.18 Å². The highest BCUT2D eigenvalue weighted by Crippen LogP contribution is 2.33.